The summed E-state index contributed by atoms with van der Waals surface area (Å²) in [5.41, 5.74) is 1.37. The lowest BCUT2D eigenvalue weighted by atomic mass is 9.77. The molecule has 0 amide bonds. The van der Waals surface area contributed by atoms with Gasteiger partial charge < -0.3 is 14.8 Å². The molecule has 0 aliphatic heterocycles. The molecule has 2 aliphatic rings. The van der Waals surface area contributed by atoms with E-state index < -0.39 is 0 Å². The highest BCUT2D eigenvalue weighted by Crippen LogP contribution is 2.39. The first-order valence-corrected chi connectivity index (χ1v) is 7.80. The molecule has 3 nitrogen and oxygen atoms in total. The van der Waals surface area contributed by atoms with Gasteiger partial charge in [0.2, 0.25) is 0 Å². The summed E-state index contributed by atoms with van der Waals surface area (Å²) < 4.78 is 11.4. The Morgan fingerprint density at radius 1 is 1.20 bits per heavy atom. The van der Waals surface area contributed by atoms with Crippen LogP contribution in [0.3, 0.4) is 0 Å². The fraction of sp³-hybridized carbons (Fsp3) is 0.647. The van der Waals surface area contributed by atoms with E-state index >= 15 is 0 Å². The molecule has 0 bridgehead atoms. The zero-order chi connectivity index (χ0) is 13.8. The first kappa shape index (κ1) is 13.9. The summed E-state index contributed by atoms with van der Waals surface area (Å²) >= 11 is 0. The van der Waals surface area contributed by atoms with Gasteiger partial charge in [0.15, 0.2) is 0 Å². The molecule has 0 heterocycles. The lowest BCUT2D eigenvalue weighted by Crippen LogP contribution is -2.42. The minimum atomic E-state index is 0.141. The second-order valence-electron chi connectivity index (χ2n) is 6.15. The Balaban J connectivity index is 1.46. The monoisotopic (exact) mass is 275 g/mol. The van der Waals surface area contributed by atoms with Crippen LogP contribution < -0.4 is 10.1 Å². The summed E-state index contributed by atoms with van der Waals surface area (Å²) in [6, 6.07) is 8.98. The molecule has 1 aromatic rings. The maximum Gasteiger partial charge on any atom is 0.118 e. The van der Waals surface area contributed by atoms with Gasteiger partial charge in [0, 0.05) is 6.04 Å². The molecule has 0 unspecified atom stereocenters. The van der Waals surface area contributed by atoms with Crippen LogP contribution in [0.25, 0.3) is 0 Å². The molecular formula is C17H25NO2. The third-order valence-corrected chi connectivity index (χ3v) is 4.56. The Morgan fingerprint density at radius 3 is 2.50 bits per heavy atom. The van der Waals surface area contributed by atoms with E-state index in [-0.39, 0.29) is 5.60 Å². The average molecular weight is 275 g/mol. The van der Waals surface area contributed by atoms with Gasteiger partial charge in [0.25, 0.3) is 0 Å². The molecule has 2 fully saturated rings. The Bertz CT molecular complexity index is 421. The molecule has 0 saturated heterocycles. The van der Waals surface area contributed by atoms with Gasteiger partial charge in [0.05, 0.1) is 19.3 Å². The summed E-state index contributed by atoms with van der Waals surface area (Å²) in [7, 11) is 1.70. The molecule has 1 N–H and O–H groups in total. The average Bonchev–Trinajstić information content (AvgIpc) is 3.25. The number of hydrogen-bond acceptors (Lipinski definition) is 3. The topological polar surface area (TPSA) is 30.5 Å². The van der Waals surface area contributed by atoms with E-state index in [9.17, 15) is 0 Å². The van der Waals surface area contributed by atoms with E-state index in [1.165, 1.54) is 37.7 Å². The first-order chi connectivity index (χ1) is 9.80. The van der Waals surface area contributed by atoms with E-state index in [1.807, 2.05) is 12.1 Å². The zero-order valence-corrected chi connectivity index (χ0v) is 12.4. The van der Waals surface area contributed by atoms with Crippen LogP contribution >= 0.6 is 0 Å². The summed E-state index contributed by atoms with van der Waals surface area (Å²) in [6.07, 6.45) is 7.62. The van der Waals surface area contributed by atoms with Crippen LogP contribution in [0, 0.1) is 0 Å². The molecule has 0 spiro atoms. The number of nitrogens with one attached hydrogen (secondary N) is 1. The predicted octanol–water partition coefficient (Wildman–Crippen LogP) is 3.28. The van der Waals surface area contributed by atoms with Gasteiger partial charge in [0.1, 0.15) is 5.75 Å². The van der Waals surface area contributed by atoms with E-state index in [1.54, 1.807) is 7.11 Å². The zero-order valence-electron chi connectivity index (χ0n) is 12.4. The third-order valence-electron chi connectivity index (χ3n) is 4.56. The fourth-order valence-electron chi connectivity index (χ4n) is 2.79. The minimum Gasteiger partial charge on any atom is -0.497 e. The smallest absolute Gasteiger partial charge is 0.118 e. The Morgan fingerprint density at radius 2 is 1.95 bits per heavy atom. The lowest BCUT2D eigenvalue weighted by molar-refractivity contribution is -0.114. The van der Waals surface area contributed by atoms with Crippen LogP contribution in [0.1, 0.15) is 44.1 Å². The quantitative estimate of drug-likeness (QED) is 0.790. The van der Waals surface area contributed by atoms with Crippen molar-refractivity contribution < 1.29 is 9.47 Å². The Labute approximate surface area is 121 Å². The van der Waals surface area contributed by atoms with Crippen LogP contribution in [0.15, 0.2) is 24.3 Å². The fourth-order valence-corrected chi connectivity index (χ4v) is 2.79. The van der Waals surface area contributed by atoms with Gasteiger partial charge in [-0.3, -0.25) is 0 Å². The van der Waals surface area contributed by atoms with E-state index in [4.69, 9.17) is 9.47 Å². The van der Waals surface area contributed by atoms with Crippen molar-refractivity contribution >= 4 is 0 Å². The summed E-state index contributed by atoms with van der Waals surface area (Å²) in [5, 5.41) is 3.60. The van der Waals surface area contributed by atoms with E-state index in [0.29, 0.717) is 6.61 Å². The van der Waals surface area contributed by atoms with Gasteiger partial charge >= 0.3 is 0 Å². The number of rotatable bonds is 8. The molecule has 2 aliphatic carbocycles. The van der Waals surface area contributed by atoms with Gasteiger partial charge in [-0.25, -0.2) is 0 Å². The first-order valence-electron chi connectivity index (χ1n) is 7.80. The number of benzene rings is 1. The Kier molecular flexibility index (Phi) is 4.27. The van der Waals surface area contributed by atoms with E-state index in [2.05, 4.69) is 17.4 Å². The van der Waals surface area contributed by atoms with Gasteiger partial charge in [-0.2, -0.15) is 0 Å². The maximum absolute atomic E-state index is 6.25. The number of methoxy groups -OCH3 is 1. The van der Waals surface area contributed by atoms with Crippen molar-refractivity contribution in [2.45, 2.75) is 56.8 Å². The molecular weight excluding hydrogens is 250 g/mol. The van der Waals surface area contributed by atoms with Crippen molar-refractivity contribution in [1.82, 2.24) is 5.32 Å². The second-order valence-corrected chi connectivity index (χ2v) is 6.15. The largest absolute Gasteiger partial charge is 0.497 e. The van der Waals surface area contributed by atoms with Gasteiger partial charge in [-0.05, 0) is 62.8 Å². The van der Waals surface area contributed by atoms with Crippen molar-refractivity contribution in [3.8, 4) is 5.75 Å². The van der Waals surface area contributed by atoms with Crippen LogP contribution in [-0.2, 0) is 11.3 Å². The SMILES string of the molecule is COc1ccc(COC2(CCNC3CC3)CCC2)cc1. The van der Waals surface area contributed by atoms with Crippen molar-refractivity contribution in [1.29, 1.82) is 0 Å². The lowest BCUT2D eigenvalue weighted by Gasteiger charge is -2.42. The van der Waals surface area contributed by atoms with Crippen LogP contribution in [-0.4, -0.2) is 25.3 Å². The standard InChI is InChI=1S/C17H25NO2/c1-19-16-7-3-14(4-8-16)13-20-17(9-2-10-17)11-12-18-15-5-6-15/h3-4,7-8,15,18H,2,5-6,9-13H2,1H3. The van der Waals surface area contributed by atoms with Crippen molar-refractivity contribution in [3.63, 3.8) is 0 Å². The molecule has 110 valence electrons. The molecule has 0 aromatic heterocycles. The van der Waals surface area contributed by atoms with Crippen molar-refractivity contribution in [2.24, 2.45) is 0 Å². The van der Waals surface area contributed by atoms with Gasteiger partial charge in [-0.1, -0.05) is 12.1 Å². The third kappa shape index (κ3) is 3.53. The molecule has 0 radical (unpaired) electrons. The van der Waals surface area contributed by atoms with Crippen molar-refractivity contribution in [3.05, 3.63) is 29.8 Å². The summed E-state index contributed by atoms with van der Waals surface area (Å²) in [4.78, 5) is 0. The highest BCUT2D eigenvalue weighted by molar-refractivity contribution is 5.26. The number of hydrogen-bond donors (Lipinski definition) is 1. The molecule has 3 heteroatoms. The Hall–Kier alpha value is -1.06. The van der Waals surface area contributed by atoms with Gasteiger partial charge in [-0.15, -0.1) is 0 Å². The molecule has 3 rings (SSSR count). The molecule has 2 saturated carbocycles. The summed E-state index contributed by atoms with van der Waals surface area (Å²) in [6.45, 7) is 1.82. The van der Waals surface area contributed by atoms with Crippen LogP contribution in [0.4, 0.5) is 0 Å². The highest BCUT2D eigenvalue weighted by Gasteiger charge is 2.37. The van der Waals surface area contributed by atoms with Crippen molar-refractivity contribution in [2.75, 3.05) is 13.7 Å². The number of ether oxygens (including phenoxy) is 2. The van der Waals surface area contributed by atoms with Crippen LogP contribution in [0.2, 0.25) is 0 Å². The predicted molar refractivity (Wildman–Crippen MR) is 80.0 cm³/mol. The summed E-state index contributed by atoms with van der Waals surface area (Å²) in [5.74, 6) is 0.903. The molecule has 0 atom stereocenters. The molecule has 20 heavy (non-hydrogen) atoms. The van der Waals surface area contributed by atoms with Crippen LogP contribution in [0.5, 0.6) is 5.75 Å². The highest BCUT2D eigenvalue weighted by atomic mass is 16.5. The normalized spacial score (nSPS) is 20.4. The minimum absolute atomic E-state index is 0.141. The maximum atomic E-state index is 6.25. The second kappa shape index (κ2) is 6.15. The molecule has 1 aromatic carbocycles. The van der Waals surface area contributed by atoms with E-state index in [0.717, 1.165) is 24.8 Å².